The van der Waals surface area contributed by atoms with Crippen LogP contribution in [0.3, 0.4) is 0 Å². The Balaban J connectivity index is 0.00000441. The molecule has 1 rings (SSSR count). The molecule has 1 aromatic carbocycles. The second kappa shape index (κ2) is 12.6. The molecular formula is C17H30IN3O. The highest BCUT2D eigenvalue weighted by Crippen LogP contribution is 2.13. The van der Waals surface area contributed by atoms with Crippen LogP contribution in [0.5, 0.6) is 5.75 Å². The van der Waals surface area contributed by atoms with Gasteiger partial charge in [-0.05, 0) is 43.4 Å². The normalized spacial score (nSPS) is 11.0. The molecule has 0 aliphatic rings. The summed E-state index contributed by atoms with van der Waals surface area (Å²) in [5.74, 6) is 2.42. The summed E-state index contributed by atoms with van der Waals surface area (Å²) in [4.78, 5) is 4.56. The highest BCUT2D eigenvalue weighted by atomic mass is 127. The van der Waals surface area contributed by atoms with E-state index in [2.05, 4.69) is 48.5 Å². The summed E-state index contributed by atoms with van der Waals surface area (Å²) in [7, 11) is 1.70. The zero-order valence-electron chi connectivity index (χ0n) is 14.2. The SMILES string of the molecule is CCNC(=NCC(C)C)NCCCc1cccc(OC)c1.I. The van der Waals surface area contributed by atoms with Crippen LogP contribution in [0.25, 0.3) is 0 Å². The summed E-state index contributed by atoms with van der Waals surface area (Å²) >= 11 is 0. The van der Waals surface area contributed by atoms with E-state index in [1.807, 2.05) is 12.1 Å². The van der Waals surface area contributed by atoms with Crippen molar-refractivity contribution < 1.29 is 4.74 Å². The van der Waals surface area contributed by atoms with Gasteiger partial charge in [0.1, 0.15) is 5.75 Å². The monoisotopic (exact) mass is 419 g/mol. The molecule has 0 fully saturated rings. The lowest BCUT2D eigenvalue weighted by atomic mass is 10.1. The van der Waals surface area contributed by atoms with Crippen molar-refractivity contribution in [3.63, 3.8) is 0 Å². The third kappa shape index (κ3) is 9.12. The highest BCUT2D eigenvalue weighted by molar-refractivity contribution is 14.0. The molecule has 0 spiro atoms. The van der Waals surface area contributed by atoms with Gasteiger partial charge in [0, 0.05) is 19.6 Å². The molecule has 0 atom stereocenters. The fourth-order valence-corrected chi connectivity index (χ4v) is 1.94. The van der Waals surface area contributed by atoms with Crippen molar-refractivity contribution in [3.05, 3.63) is 29.8 Å². The minimum atomic E-state index is 0. The lowest BCUT2D eigenvalue weighted by Gasteiger charge is -2.12. The van der Waals surface area contributed by atoms with E-state index in [0.29, 0.717) is 5.92 Å². The first kappa shape index (κ1) is 21.0. The summed E-state index contributed by atoms with van der Waals surface area (Å²) in [6.45, 7) is 9.10. The van der Waals surface area contributed by atoms with Crippen molar-refractivity contribution in [2.45, 2.75) is 33.6 Å². The molecule has 0 unspecified atom stereocenters. The number of methoxy groups -OCH3 is 1. The molecular weight excluding hydrogens is 389 g/mol. The molecule has 0 aliphatic carbocycles. The van der Waals surface area contributed by atoms with Crippen molar-refractivity contribution in [3.8, 4) is 5.75 Å². The minimum absolute atomic E-state index is 0. The van der Waals surface area contributed by atoms with Crippen LogP contribution in [0, 0.1) is 5.92 Å². The number of aryl methyl sites for hydroxylation is 1. The molecule has 5 heteroatoms. The third-order valence-corrected chi connectivity index (χ3v) is 3.03. The largest absolute Gasteiger partial charge is 0.497 e. The standard InChI is InChI=1S/C17H29N3O.HI/c1-5-18-17(20-13-14(2)3)19-11-7-9-15-8-6-10-16(12-15)21-4;/h6,8,10,12,14H,5,7,9,11,13H2,1-4H3,(H2,18,19,20);1H. The fourth-order valence-electron chi connectivity index (χ4n) is 1.94. The fraction of sp³-hybridized carbons (Fsp3) is 0.588. The van der Waals surface area contributed by atoms with Gasteiger partial charge in [-0.1, -0.05) is 26.0 Å². The first-order chi connectivity index (χ1) is 10.2. The Morgan fingerprint density at radius 2 is 2.05 bits per heavy atom. The molecule has 0 aromatic heterocycles. The van der Waals surface area contributed by atoms with Gasteiger partial charge in [0.25, 0.3) is 0 Å². The van der Waals surface area contributed by atoms with Crippen molar-refractivity contribution in [1.29, 1.82) is 0 Å². The van der Waals surface area contributed by atoms with Gasteiger partial charge in [0.05, 0.1) is 7.11 Å². The topological polar surface area (TPSA) is 45.7 Å². The second-order valence-electron chi connectivity index (χ2n) is 5.50. The van der Waals surface area contributed by atoms with Crippen LogP contribution in [-0.2, 0) is 6.42 Å². The van der Waals surface area contributed by atoms with Gasteiger partial charge >= 0.3 is 0 Å². The number of rotatable bonds is 8. The number of nitrogens with zero attached hydrogens (tertiary/aromatic N) is 1. The summed E-state index contributed by atoms with van der Waals surface area (Å²) in [6.07, 6.45) is 2.10. The van der Waals surface area contributed by atoms with Crippen LogP contribution in [0.15, 0.2) is 29.3 Å². The lowest BCUT2D eigenvalue weighted by Crippen LogP contribution is -2.38. The van der Waals surface area contributed by atoms with Crippen LogP contribution in [0.2, 0.25) is 0 Å². The molecule has 0 heterocycles. The Bertz CT molecular complexity index is 436. The van der Waals surface area contributed by atoms with Gasteiger partial charge in [-0.25, -0.2) is 0 Å². The van der Waals surface area contributed by atoms with E-state index in [9.17, 15) is 0 Å². The van der Waals surface area contributed by atoms with Crippen molar-refractivity contribution in [2.24, 2.45) is 10.9 Å². The van der Waals surface area contributed by atoms with E-state index in [1.165, 1.54) is 5.56 Å². The van der Waals surface area contributed by atoms with Gasteiger partial charge in [0.15, 0.2) is 5.96 Å². The van der Waals surface area contributed by atoms with E-state index in [1.54, 1.807) is 7.11 Å². The Kier molecular flexibility index (Phi) is 12.0. The number of hydrogen-bond donors (Lipinski definition) is 2. The van der Waals surface area contributed by atoms with Crippen LogP contribution in [0.4, 0.5) is 0 Å². The predicted molar refractivity (Wildman–Crippen MR) is 106 cm³/mol. The molecule has 0 saturated heterocycles. The average Bonchev–Trinajstić information content (AvgIpc) is 2.49. The summed E-state index contributed by atoms with van der Waals surface area (Å²) in [6, 6.07) is 8.25. The number of hydrogen-bond acceptors (Lipinski definition) is 2. The van der Waals surface area contributed by atoms with Crippen molar-refractivity contribution in [1.82, 2.24) is 10.6 Å². The van der Waals surface area contributed by atoms with E-state index in [4.69, 9.17) is 4.74 Å². The summed E-state index contributed by atoms with van der Waals surface area (Å²) < 4.78 is 5.24. The smallest absolute Gasteiger partial charge is 0.191 e. The lowest BCUT2D eigenvalue weighted by molar-refractivity contribution is 0.414. The average molecular weight is 419 g/mol. The van der Waals surface area contributed by atoms with Gasteiger partial charge < -0.3 is 15.4 Å². The third-order valence-electron chi connectivity index (χ3n) is 3.03. The zero-order valence-corrected chi connectivity index (χ0v) is 16.5. The molecule has 0 aliphatic heterocycles. The first-order valence-electron chi connectivity index (χ1n) is 7.80. The van der Waals surface area contributed by atoms with Crippen LogP contribution < -0.4 is 15.4 Å². The number of halogens is 1. The predicted octanol–water partition coefficient (Wildman–Crippen LogP) is 3.46. The molecule has 2 N–H and O–H groups in total. The van der Waals surface area contributed by atoms with Gasteiger partial charge in [-0.15, -0.1) is 24.0 Å². The van der Waals surface area contributed by atoms with E-state index < -0.39 is 0 Å². The minimum Gasteiger partial charge on any atom is -0.497 e. The second-order valence-corrected chi connectivity index (χ2v) is 5.50. The number of benzene rings is 1. The molecule has 1 aromatic rings. The van der Waals surface area contributed by atoms with Gasteiger partial charge in [-0.3, -0.25) is 4.99 Å². The molecule has 0 radical (unpaired) electrons. The maximum absolute atomic E-state index is 5.24. The number of nitrogens with one attached hydrogen (secondary N) is 2. The van der Waals surface area contributed by atoms with Crippen molar-refractivity contribution in [2.75, 3.05) is 26.7 Å². The molecule has 22 heavy (non-hydrogen) atoms. The summed E-state index contributed by atoms with van der Waals surface area (Å²) in [5, 5.41) is 6.66. The summed E-state index contributed by atoms with van der Waals surface area (Å²) in [5.41, 5.74) is 1.31. The quantitative estimate of drug-likeness (QED) is 0.294. The maximum Gasteiger partial charge on any atom is 0.191 e. The number of aliphatic imine (C=N–C) groups is 1. The Morgan fingerprint density at radius 3 is 2.68 bits per heavy atom. The van der Waals surface area contributed by atoms with Crippen LogP contribution in [0.1, 0.15) is 32.8 Å². The molecule has 126 valence electrons. The first-order valence-corrected chi connectivity index (χ1v) is 7.80. The highest BCUT2D eigenvalue weighted by Gasteiger charge is 1.99. The number of ether oxygens (including phenoxy) is 1. The molecule has 0 amide bonds. The van der Waals surface area contributed by atoms with E-state index in [-0.39, 0.29) is 24.0 Å². The van der Waals surface area contributed by atoms with E-state index in [0.717, 1.165) is 44.2 Å². The maximum atomic E-state index is 5.24. The van der Waals surface area contributed by atoms with Gasteiger partial charge in [0.2, 0.25) is 0 Å². The Labute approximate surface area is 152 Å². The van der Waals surface area contributed by atoms with Crippen molar-refractivity contribution >= 4 is 29.9 Å². The van der Waals surface area contributed by atoms with Gasteiger partial charge in [-0.2, -0.15) is 0 Å². The zero-order chi connectivity index (χ0) is 15.5. The number of guanidine groups is 1. The van der Waals surface area contributed by atoms with E-state index >= 15 is 0 Å². The Hall–Kier alpha value is -0.980. The van der Waals surface area contributed by atoms with Crippen LogP contribution in [-0.4, -0.2) is 32.7 Å². The molecule has 4 nitrogen and oxygen atoms in total. The molecule has 0 saturated carbocycles. The Morgan fingerprint density at radius 1 is 1.27 bits per heavy atom. The van der Waals surface area contributed by atoms with Crippen LogP contribution >= 0.6 is 24.0 Å². The molecule has 0 bridgehead atoms.